The van der Waals surface area contributed by atoms with Crippen LogP contribution in [0, 0.1) is 0 Å². The molecule has 0 bridgehead atoms. The van der Waals surface area contributed by atoms with E-state index in [1.165, 1.54) is 6.39 Å². The van der Waals surface area contributed by atoms with Crippen LogP contribution in [0.2, 0.25) is 0 Å². The third-order valence-corrected chi connectivity index (χ3v) is 2.70. The monoisotopic (exact) mass is 190 g/mol. The summed E-state index contributed by atoms with van der Waals surface area (Å²) >= 11 is 0. The minimum absolute atomic E-state index is 0.0986. The maximum Gasteiger partial charge on any atom is 0.181 e. The smallest absolute Gasteiger partial charge is 0.181 e. The zero-order chi connectivity index (χ0) is 10.2. The Morgan fingerprint density at radius 3 is 2.93 bits per heavy atom. The zero-order valence-electron chi connectivity index (χ0n) is 8.69. The Balaban J connectivity index is 2.64. The molecule has 1 aliphatic rings. The molecule has 0 fully saturated rings. The number of fused-ring (bicyclic) bond motifs is 1. The summed E-state index contributed by atoms with van der Waals surface area (Å²) in [4.78, 5) is 6.31. The van der Waals surface area contributed by atoms with Gasteiger partial charge in [0.15, 0.2) is 11.8 Å². The third-order valence-electron chi connectivity index (χ3n) is 2.70. The van der Waals surface area contributed by atoms with Gasteiger partial charge in [0, 0.05) is 0 Å². The Bertz CT molecular complexity index is 470. The molecule has 0 radical (unpaired) electrons. The SMILES string of the molecule is CN(C)C1(C)C=CC=c2ocnc2=C1. The maximum absolute atomic E-state index is 5.24. The molecule has 0 spiro atoms. The van der Waals surface area contributed by atoms with Crippen molar-refractivity contribution in [2.75, 3.05) is 14.1 Å². The van der Waals surface area contributed by atoms with Crippen LogP contribution >= 0.6 is 0 Å². The summed E-state index contributed by atoms with van der Waals surface area (Å²) in [5.74, 6) is 0. The van der Waals surface area contributed by atoms with Crippen molar-refractivity contribution in [3.63, 3.8) is 0 Å². The predicted molar refractivity (Wildman–Crippen MR) is 55.9 cm³/mol. The van der Waals surface area contributed by atoms with Crippen LogP contribution in [-0.2, 0) is 0 Å². The molecule has 1 heterocycles. The highest BCUT2D eigenvalue weighted by Crippen LogP contribution is 2.15. The second kappa shape index (κ2) is 3.10. The van der Waals surface area contributed by atoms with Gasteiger partial charge in [-0.05, 0) is 33.2 Å². The van der Waals surface area contributed by atoms with Crippen LogP contribution in [0.15, 0.2) is 23.0 Å². The lowest BCUT2D eigenvalue weighted by atomic mass is 10.0. The van der Waals surface area contributed by atoms with Gasteiger partial charge in [-0.25, -0.2) is 4.98 Å². The molecule has 0 aromatic carbocycles. The third kappa shape index (κ3) is 1.40. The average Bonchev–Trinajstić information content (AvgIpc) is 2.46. The molecule has 1 unspecified atom stereocenters. The summed E-state index contributed by atoms with van der Waals surface area (Å²) in [5.41, 5.74) is 0.727. The highest BCUT2D eigenvalue weighted by atomic mass is 16.3. The van der Waals surface area contributed by atoms with Crippen molar-refractivity contribution in [3.8, 4) is 0 Å². The van der Waals surface area contributed by atoms with Gasteiger partial charge in [0.05, 0.1) is 5.54 Å². The molecular formula is C11H14N2O. The molecule has 0 aliphatic heterocycles. The lowest BCUT2D eigenvalue weighted by Gasteiger charge is -2.29. The number of allylic oxidation sites excluding steroid dienone is 1. The summed E-state index contributed by atoms with van der Waals surface area (Å²) in [6.07, 6.45) is 9.66. The highest BCUT2D eigenvalue weighted by molar-refractivity contribution is 5.48. The van der Waals surface area contributed by atoms with E-state index in [2.05, 4.69) is 29.0 Å². The van der Waals surface area contributed by atoms with E-state index >= 15 is 0 Å². The Morgan fingerprint density at radius 1 is 1.43 bits per heavy atom. The fourth-order valence-corrected chi connectivity index (χ4v) is 1.43. The molecule has 3 heteroatoms. The fourth-order valence-electron chi connectivity index (χ4n) is 1.43. The van der Waals surface area contributed by atoms with E-state index in [9.17, 15) is 0 Å². The first-order valence-electron chi connectivity index (χ1n) is 4.61. The summed E-state index contributed by atoms with van der Waals surface area (Å²) < 4.78 is 5.24. The Morgan fingerprint density at radius 2 is 2.21 bits per heavy atom. The second-order valence-corrected chi connectivity index (χ2v) is 3.89. The van der Waals surface area contributed by atoms with Gasteiger partial charge >= 0.3 is 0 Å². The summed E-state index contributed by atoms with van der Waals surface area (Å²) in [6, 6.07) is 0. The van der Waals surface area contributed by atoms with Crippen LogP contribution in [-0.4, -0.2) is 29.5 Å². The Labute approximate surface area is 83.1 Å². The van der Waals surface area contributed by atoms with E-state index in [1.54, 1.807) is 0 Å². The van der Waals surface area contributed by atoms with Crippen LogP contribution in [0.1, 0.15) is 6.92 Å². The maximum atomic E-state index is 5.24. The van der Waals surface area contributed by atoms with Gasteiger partial charge in [-0.2, -0.15) is 0 Å². The Kier molecular flexibility index (Phi) is 2.04. The van der Waals surface area contributed by atoms with Gasteiger partial charge in [0.25, 0.3) is 0 Å². The first kappa shape index (κ1) is 9.21. The molecule has 1 aliphatic carbocycles. The fraction of sp³-hybridized carbons (Fsp3) is 0.364. The lowest BCUT2D eigenvalue weighted by molar-refractivity contribution is 0.302. The van der Waals surface area contributed by atoms with Gasteiger partial charge in [0.1, 0.15) is 5.35 Å². The van der Waals surface area contributed by atoms with Crippen molar-refractivity contribution in [2.45, 2.75) is 12.5 Å². The highest BCUT2D eigenvalue weighted by Gasteiger charge is 2.21. The minimum Gasteiger partial charge on any atom is -0.443 e. The predicted octanol–water partition coefficient (Wildman–Crippen LogP) is 0.126. The van der Waals surface area contributed by atoms with Crippen molar-refractivity contribution in [3.05, 3.63) is 29.3 Å². The van der Waals surface area contributed by atoms with Gasteiger partial charge in [-0.15, -0.1) is 0 Å². The van der Waals surface area contributed by atoms with E-state index in [0.29, 0.717) is 0 Å². The number of oxazole rings is 1. The topological polar surface area (TPSA) is 29.3 Å². The number of nitrogens with zero attached hydrogens (tertiary/aromatic N) is 2. The van der Waals surface area contributed by atoms with Crippen molar-refractivity contribution < 1.29 is 4.42 Å². The molecule has 0 N–H and O–H groups in total. The van der Waals surface area contributed by atoms with E-state index < -0.39 is 0 Å². The molecule has 0 saturated heterocycles. The van der Waals surface area contributed by atoms with Gasteiger partial charge in [0.2, 0.25) is 0 Å². The van der Waals surface area contributed by atoms with Gasteiger partial charge in [-0.1, -0.05) is 12.2 Å². The molecule has 0 amide bonds. The number of hydrogen-bond acceptors (Lipinski definition) is 3. The van der Waals surface area contributed by atoms with Crippen LogP contribution in [0.4, 0.5) is 0 Å². The first-order valence-corrected chi connectivity index (χ1v) is 4.61. The number of rotatable bonds is 1. The molecule has 1 aromatic heterocycles. The molecule has 1 atom stereocenters. The summed E-state index contributed by atoms with van der Waals surface area (Å²) in [7, 11) is 4.10. The minimum atomic E-state index is -0.0986. The molecular weight excluding hydrogens is 176 g/mol. The summed E-state index contributed by atoms with van der Waals surface area (Å²) in [6.45, 7) is 2.14. The molecule has 74 valence electrons. The van der Waals surface area contributed by atoms with Crippen LogP contribution in [0.5, 0.6) is 0 Å². The molecule has 3 nitrogen and oxygen atoms in total. The first-order chi connectivity index (χ1) is 6.62. The van der Waals surface area contributed by atoms with Crippen LogP contribution in [0.3, 0.4) is 0 Å². The van der Waals surface area contributed by atoms with Crippen LogP contribution < -0.4 is 10.8 Å². The van der Waals surface area contributed by atoms with E-state index in [0.717, 1.165) is 10.8 Å². The van der Waals surface area contributed by atoms with Crippen molar-refractivity contribution >= 4 is 12.2 Å². The number of aromatic nitrogens is 1. The molecule has 1 aromatic rings. The quantitative estimate of drug-likeness (QED) is 0.630. The van der Waals surface area contributed by atoms with Crippen molar-refractivity contribution in [1.29, 1.82) is 0 Å². The molecule has 14 heavy (non-hydrogen) atoms. The second-order valence-electron chi connectivity index (χ2n) is 3.89. The lowest BCUT2D eigenvalue weighted by Crippen LogP contribution is -2.39. The molecule has 0 saturated carbocycles. The van der Waals surface area contributed by atoms with Crippen molar-refractivity contribution in [2.24, 2.45) is 0 Å². The van der Waals surface area contributed by atoms with Crippen molar-refractivity contribution in [1.82, 2.24) is 9.88 Å². The number of hydrogen-bond donors (Lipinski definition) is 0. The van der Waals surface area contributed by atoms with E-state index in [-0.39, 0.29) is 5.54 Å². The average molecular weight is 190 g/mol. The van der Waals surface area contributed by atoms with Crippen LogP contribution in [0.25, 0.3) is 12.2 Å². The Hall–Kier alpha value is -1.35. The van der Waals surface area contributed by atoms with E-state index in [1.807, 2.05) is 26.2 Å². The normalized spacial score (nSPS) is 25.1. The van der Waals surface area contributed by atoms with Gasteiger partial charge < -0.3 is 4.42 Å². The standard InChI is InChI=1S/C11H14N2O/c1-11(13(2)3)6-4-5-10-9(7-11)12-8-14-10/h4-8H,1-3H3. The van der Waals surface area contributed by atoms with E-state index in [4.69, 9.17) is 4.42 Å². The molecule has 2 rings (SSSR count). The summed E-state index contributed by atoms with van der Waals surface area (Å²) in [5, 5.41) is 0.909. The number of likely N-dealkylation sites (N-methyl/N-ethyl adjacent to an activating group) is 1. The zero-order valence-corrected chi connectivity index (χ0v) is 8.69. The largest absolute Gasteiger partial charge is 0.443 e. The van der Waals surface area contributed by atoms with Gasteiger partial charge in [-0.3, -0.25) is 4.90 Å².